The molecule has 0 bridgehead atoms. The maximum Gasteiger partial charge on any atom is 0.341 e. The zero-order valence-electron chi connectivity index (χ0n) is 11.1. The fourth-order valence-corrected chi connectivity index (χ4v) is 3.30. The van der Waals surface area contributed by atoms with E-state index in [1.807, 2.05) is 0 Å². The van der Waals surface area contributed by atoms with Crippen molar-refractivity contribution in [3.05, 3.63) is 39.9 Å². The van der Waals surface area contributed by atoms with Crippen molar-refractivity contribution in [2.24, 2.45) is 0 Å². The van der Waals surface area contributed by atoms with Gasteiger partial charge in [0.15, 0.2) is 0 Å². The first-order chi connectivity index (χ1) is 10.0. The number of rotatable bonds is 10. The van der Waals surface area contributed by atoms with Crippen LogP contribution in [0.5, 0.6) is 0 Å². The van der Waals surface area contributed by atoms with Crippen molar-refractivity contribution in [1.82, 2.24) is 10.2 Å². The number of alkyl halides is 2. The molecule has 0 unspecified atom stereocenters. The van der Waals surface area contributed by atoms with Gasteiger partial charge in [-0.15, -0.1) is 23.2 Å². The molecule has 21 heavy (non-hydrogen) atoms. The molecule has 2 N–H and O–H groups in total. The normalized spacial score (nSPS) is 11.5. The summed E-state index contributed by atoms with van der Waals surface area (Å²) in [5.74, 6) is 0.570. The van der Waals surface area contributed by atoms with Gasteiger partial charge in [-0.2, -0.15) is 0 Å². The maximum absolute atomic E-state index is 12.4. The number of nitro benzene ring substituents is 1. The SMILES string of the molecule is O=[N+]([O-])c1ccc(COP(=O)(NCCCl)NCCCl)cc1. The quantitative estimate of drug-likeness (QED) is 0.290. The molecule has 0 spiro atoms. The topological polar surface area (TPSA) is 93.5 Å². The average Bonchev–Trinajstić information content (AvgIpc) is 2.49. The summed E-state index contributed by atoms with van der Waals surface area (Å²) in [6.07, 6.45) is 0. The molecule has 0 amide bonds. The second-order valence-corrected chi connectivity index (χ2v) is 6.69. The lowest BCUT2D eigenvalue weighted by atomic mass is 10.2. The van der Waals surface area contributed by atoms with Gasteiger partial charge in [0.05, 0.1) is 11.5 Å². The Hall–Kier alpha value is -0.690. The van der Waals surface area contributed by atoms with Crippen molar-refractivity contribution in [1.29, 1.82) is 0 Å². The van der Waals surface area contributed by atoms with Crippen LogP contribution in [-0.4, -0.2) is 29.8 Å². The summed E-state index contributed by atoms with van der Waals surface area (Å²) in [6.45, 7) is 0.669. The summed E-state index contributed by atoms with van der Waals surface area (Å²) >= 11 is 11.1. The van der Waals surface area contributed by atoms with Crippen LogP contribution in [-0.2, 0) is 15.7 Å². The monoisotopic (exact) mass is 355 g/mol. The van der Waals surface area contributed by atoms with E-state index >= 15 is 0 Å². The lowest BCUT2D eigenvalue weighted by Gasteiger charge is -2.19. The van der Waals surface area contributed by atoms with Crippen molar-refractivity contribution in [3.63, 3.8) is 0 Å². The average molecular weight is 356 g/mol. The highest BCUT2D eigenvalue weighted by Gasteiger charge is 2.21. The number of nitrogens with one attached hydrogen (secondary N) is 2. The first kappa shape index (κ1) is 18.4. The van der Waals surface area contributed by atoms with Gasteiger partial charge in [-0.3, -0.25) is 14.7 Å². The third-order valence-corrected chi connectivity index (χ3v) is 4.54. The molecule has 0 atom stereocenters. The Kier molecular flexibility index (Phi) is 8.18. The van der Waals surface area contributed by atoms with E-state index in [-0.39, 0.29) is 24.1 Å². The van der Waals surface area contributed by atoms with Crippen LogP contribution in [0.4, 0.5) is 5.69 Å². The molecule has 0 fully saturated rings. The molecule has 0 saturated heterocycles. The van der Waals surface area contributed by atoms with E-state index in [2.05, 4.69) is 10.2 Å². The van der Waals surface area contributed by atoms with Crippen LogP contribution >= 0.6 is 30.9 Å². The van der Waals surface area contributed by atoms with Crippen molar-refractivity contribution < 1.29 is 14.0 Å². The smallest absolute Gasteiger partial charge is 0.301 e. The van der Waals surface area contributed by atoms with Crippen LogP contribution in [0.1, 0.15) is 5.56 Å². The Morgan fingerprint density at radius 1 is 1.14 bits per heavy atom. The van der Waals surface area contributed by atoms with Gasteiger partial charge in [0.1, 0.15) is 0 Å². The minimum Gasteiger partial charge on any atom is -0.301 e. The highest BCUT2D eigenvalue weighted by atomic mass is 35.5. The van der Waals surface area contributed by atoms with E-state index in [0.29, 0.717) is 18.7 Å². The summed E-state index contributed by atoms with van der Waals surface area (Å²) in [6, 6.07) is 5.82. The molecular formula is C11H16Cl2N3O4P. The number of nitrogens with zero attached hydrogens (tertiary/aromatic N) is 1. The minimum absolute atomic E-state index is 0.0116. The summed E-state index contributed by atoms with van der Waals surface area (Å²) in [4.78, 5) is 10.1. The number of halogens is 2. The Morgan fingerprint density at radius 3 is 2.10 bits per heavy atom. The fourth-order valence-electron chi connectivity index (χ4n) is 1.41. The summed E-state index contributed by atoms with van der Waals surface area (Å²) in [7, 11) is -3.25. The standard InChI is InChI=1S/C11H16Cl2N3O4P/c12-5-7-14-21(19,15-8-6-13)20-9-10-1-3-11(4-2-10)16(17)18/h1-4H,5-9H2,(H2,14,15,19). The molecule has 1 aromatic carbocycles. The van der Waals surface area contributed by atoms with Crippen LogP contribution in [0.3, 0.4) is 0 Å². The van der Waals surface area contributed by atoms with Gasteiger partial charge in [-0.1, -0.05) is 0 Å². The predicted octanol–water partition coefficient (Wildman–Crippen LogP) is 2.88. The van der Waals surface area contributed by atoms with Gasteiger partial charge in [0, 0.05) is 37.0 Å². The zero-order chi connectivity index (χ0) is 15.7. The molecule has 1 rings (SSSR count). The highest BCUT2D eigenvalue weighted by molar-refractivity contribution is 7.54. The highest BCUT2D eigenvalue weighted by Crippen LogP contribution is 2.38. The first-order valence-corrected chi connectivity index (χ1v) is 8.80. The molecule has 0 aliphatic heterocycles. The zero-order valence-corrected chi connectivity index (χ0v) is 13.5. The van der Waals surface area contributed by atoms with E-state index < -0.39 is 12.6 Å². The first-order valence-electron chi connectivity index (χ1n) is 6.11. The van der Waals surface area contributed by atoms with Gasteiger partial charge < -0.3 is 4.52 Å². The van der Waals surface area contributed by atoms with Gasteiger partial charge in [-0.25, -0.2) is 10.2 Å². The minimum atomic E-state index is -3.25. The maximum atomic E-state index is 12.4. The number of hydrogen-bond acceptors (Lipinski definition) is 4. The molecule has 0 heterocycles. The fraction of sp³-hybridized carbons (Fsp3) is 0.455. The van der Waals surface area contributed by atoms with Crippen LogP contribution in [0.25, 0.3) is 0 Å². The molecule has 0 aliphatic carbocycles. The van der Waals surface area contributed by atoms with Crippen molar-refractivity contribution in [2.45, 2.75) is 6.61 Å². The van der Waals surface area contributed by atoms with Crippen LogP contribution in [0.2, 0.25) is 0 Å². The largest absolute Gasteiger partial charge is 0.341 e. The second-order valence-electron chi connectivity index (χ2n) is 3.94. The Balaban J connectivity index is 2.62. The van der Waals surface area contributed by atoms with E-state index in [0.717, 1.165) is 0 Å². The molecule has 7 nitrogen and oxygen atoms in total. The van der Waals surface area contributed by atoms with E-state index in [9.17, 15) is 14.7 Å². The second kappa shape index (κ2) is 9.35. The van der Waals surface area contributed by atoms with Crippen molar-refractivity contribution in [2.75, 3.05) is 24.8 Å². The molecule has 0 aliphatic rings. The van der Waals surface area contributed by atoms with E-state index in [1.165, 1.54) is 12.1 Å². The van der Waals surface area contributed by atoms with Crippen molar-refractivity contribution in [3.8, 4) is 0 Å². The number of non-ortho nitro benzene ring substituents is 1. The number of hydrogen-bond donors (Lipinski definition) is 2. The summed E-state index contributed by atoms with van der Waals surface area (Å²) < 4.78 is 17.8. The third-order valence-electron chi connectivity index (χ3n) is 2.39. The van der Waals surface area contributed by atoms with E-state index in [4.69, 9.17) is 27.7 Å². The molecule has 0 aromatic heterocycles. The summed E-state index contributed by atoms with van der Waals surface area (Å²) in [5, 5.41) is 16.0. The molecular weight excluding hydrogens is 340 g/mol. The molecule has 0 saturated carbocycles. The Bertz CT molecular complexity index is 489. The van der Waals surface area contributed by atoms with Crippen LogP contribution in [0, 0.1) is 10.1 Å². The van der Waals surface area contributed by atoms with Gasteiger partial charge in [-0.05, 0) is 17.7 Å². The van der Waals surface area contributed by atoms with Gasteiger partial charge in [0.25, 0.3) is 5.69 Å². The Labute approximate surface area is 132 Å². The number of benzene rings is 1. The lowest BCUT2D eigenvalue weighted by Crippen LogP contribution is -2.27. The van der Waals surface area contributed by atoms with Crippen LogP contribution < -0.4 is 10.2 Å². The van der Waals surface area contributed by atoms with Gasteiger partial charge in [0.2, 0.25) is 0 Å². The molecule has 118 valence electrons. The predicted molar refractivity (Wildman–Crippen MR) is 82.9 cm³/mol. The van der Waals surface area contributed by atoms with Crippen LogP contribution in [0.15, 0.2) is 24.3 Å². The van der Waals surface area contributed by atoms with E-state index in [1.54, 1.807) is 12.1 Å². The molecule has 10 heteroatoms. The third kappa shape index (κ3) is 6.74. The van der Waals surface area contributed by atoms with Gasteiger partial charge >= 0.3 is 7.67 Å². The summed E-state index contributed by atoms with van der Waals surface area (Å²) in [5.41, 5.74) is 0.656. The molecule has 1 aromatic rings. The number of nitro groups is 1. The van der Waals surface area contributed by atoms with Crippen molar-refractivity contribution >= 4 is 36.6 Å². The Morgan fingerprint density at radius 2 is 1.67 bits per heavy atom. The molecule has 0 radical (unpaired) electrons. The lowest BCUT2D eigenvalue weighted by molar-refractivity contribution is -0.384.